The predicted octanol–water partition coefficient (Wildman–Crippen LogP) is 1.12. The molecule has 2 aliphatic rings. The van der Waals surface area contributed by atoms with E-state index in [0.29, 0.717) is 5.00 Å². The minimum absolute atomic E-state index is 0.0364. The van der Waals surface area contributed by atoms with Crippen molar-refractivity contribution in [3.05, 3.63) is 17.5 Å². The Bertz CT molecular complexity index is 805. The minimum Gasteiger partial charge on any atom is -0.481 e. The number of alkyl halides is 1. The summed E-state index contributed by atoms with van der Waals surface area (Å²) in [5, 5.41) is 11.3. The van der Waals surface area contributed by atoms with Crippen molar-refractivity contribution >= 4 is 63.6 Å². The number of nitrogens with zero attached hydrogens (tertiary/aromatic N) is 2. The van der Waals surface area contributed by atoms with Crippen molar-refractivity contribution < 1.29 is 29.0 Å². The first-order valence-electron chi connectivity index (χ1n) is 7.75. The number of ether oxygens (including phenoxy) is 1. The Labute approximate surface area is 167 Å². The second kappa shape index (κ2) is 6.88. The van der Waals surface area contributed by atoms with Crippen molar-refractivity contribution in [1.82, 2.24) is 4.90 Å². The molecular formula is C15H16ClN3O6S2. The van der Waals surface area contributed by atoms with Crippen LogP contribution >= 0.6 is 34.7 Å². The lowest BCUT2D eigenvalue weighted by atomic mass is 9.87. The lowest BCUT2D eigenvalue weighted by Crippen LogP contribution is -2.80. The van der Waals surface area contributed by atoms with Crippen LogP contribution in [0.25, 0.3) is 0 Å². The van der Waals surface area contributed by atoms with Gasteiger partial charge in [-0.3, -0.25) is 19.3 Å². The van der Waals surface area contributed by atoms with Gasteiger partial charge in [-0.2, -0.15) is 0 Å². The Morgan fingerprint density at radius 1 is 1.52 bits per heavy atom. The molecule has 27 heavy (non-hydrogen) atoms. The number of fused-ring (bicyclic) bond motifs is 1. The molecule has 3 heterocycles. The number of amides is 3. The van der Waals surface area contributed by atoms with Gasteiger partial charge in [-0.05, 0) is 17.5 Å². The maximum atomic E-state index is 12.9. The average Bonchev–Trinajstić information content (AvgIpc) is 3.12. The lowest BCUT2D eigenvalue weighted by molar-refractivity contribution is -0.161. The van der Waals surface area contributed by atoms with E-state index < -0.39 is 46.3 Å². The van der Waals surface area contributed by atoms with E-state index in [1.54, 1.807) is 17.5 Å². The number of β-lactam (4-membered cyclic amide) rings is 1. The topological polar surface area (TPSA) is 130 Å². The number of anilines is 1. The highest BCUT2D eigenvalue weighted by Crippen LogP contribution is 2.53. The summed E-state index contributed by atoms with van der Waals surface area (Å²) >= 11 is 9.02. The highest BCUT2D eigenvalue weighted by Gasteiger charge is 2.69. The number of nitrogens with two attached hydrogens (primary N) is 1. The van der Waals surface area contributed by atoms with E-state index in [1.807, 2.05) is 0 Å². The van der Waals surface area contributed by atoms with Gasteiger partial charge in [0.1, 0.15) is 17.4 Å². The normalized spacial score (nSPS) is 29.5. The van der Waals surface area contributed by atoms with Gasteiger partial charge in [-0.25, -0.2) is 4.79 Å². The molecule has 1 aromatic rings. The van der Waals surface area contributed by atoms with Crippen LogP contribution in [0.5, 0.6) is 0 Å². The molecule has 2 aliphatic heterocycles. The van der Waals surface area contributed by atoms with Crippen LogP contribution in [0.15, 0.2) is 17.5 Å². The molecule has 2 fully saturated rings. The molecule has 0 aliphatic carbocycles. The van der Waals surface area contributed by atoms with Crippen LogP contribution < -0.4 is 10.6 Å². The maximum absolute atomic E-state index is 12.9. The van der Waals surface area contributed by atoms with Crippen molar-refractivity contribution in [2.24, 2.45) is 11.1 Å². The van der Waals surface area contributed by atoms with E-state index in [4.69, 9.17) is 22.1 Å². The van der Waals surface area contributed by atoms with E-state index in [0.717, 1.165) is 11.8 Å². The van der Waals surface area contributed by atoms with Gasteiger partial charge in [-0.15, -0.1) is 23.1 Å². The fourth-order valence-electron chi connectivity index (χ4n) is 3.15. The molecule has 1 aromatic heterocycles. The number of primary amides is 1. The highest BCUT2D eigenvalue weighted by molar-refractivity contribution is 8.00. The minimum atomic E-state index is -1.63. The molecule has 2 unspecified atom stereocenters. The number of halogens is 1. The summed E-state index contributed by atoms with van der Waals surface area (Å²) in [5.74, 6) is -2.14. The summed E-state index contributed by atoms with van der Waals surface area (Å²) in [4.78, 5) is 48.7. The Morgan fingerprint density at radius 2 is 2.22 bits per heavy atom. The Kier molecular flexibility index (Phi) is 5.04. The van der Waals surface area contributed by atoms with Crippen molar-refractivity contribution in [1.29, 1.82) is 0 Å². The second-order valence-corrected chi connectivity index (χ2v) is 8.84. The Morgan fingerprint density at radius 3 is 2.74 bits per heavy atom. The number of thioether (sulfide) groups is 1. The highest BCUT2D eigenvalue weighted by atomic mass is 35.5. The summed E-state index contributed by atoms with van der Waals surface area (Å²) in [6.45, 7) is 0.657. The standard InChI is InChI=1S/C15H16ClN3O6S2/c1-8(20)19(9-3-2-4-26-9)15(16)10(21)18-5-14(12(22)23,6-25-13(17)24)7-27-11(15)18/h2-4,11H,5-7H2,1H3,(H2,17,24)(H,22,23)/t11-,14?,15?/m1/s1. The molecule has 3 rings (SSSR count). The molecule has 0 saturated carbocycles. The summed E-state index contributed by atoms with van der Waals surface area (Å²) in [5.41, 5.74) is 3.44. The molecule has 0 spiro atoms. The quantitative estimate of drug-likeness (QED) is 0.404. The van der Waals surface area contributed by atoms with Gasteiger partial charge >= 0.3 is 12.1 Å². The number of carboxylic acids is 1. The number of carbonyl (C=O) groups is 4. The van der Waals surface area contributed by atoms with E-state index in [2.05, 4.69) is 0 Å². The summed E-state index contributed by atoms with van der Waals surface area (Å²) in [6.07, 6.45) is -1.09. The zero-order chi connectivity index (χ0) is 20.0. The fraction of sp³-hybridized carbons (Fsp3) is 0.467. The van der Waals surface area contributed by atoms with Crippen LogP contribution in [0.3, 0.4) is 0 Å². The number of thiophene rings is 1. The first-order valence-corrected chi connectivity index (χ1v) is 10.1. The zero-order valence-electron chi connectivity index (χ0n) is 14.1. The number of carboxylic acid groups (broad SMARTS) is 1. The van der Waals surface area contributed by atoms with Gasteiger partial charge in [-0.1, -0.05) is 11.6 Å². The van der Waals surface area contributed by atoms with Gasteiger partial charge in [0.2, 0.25) is 10.9 Å². The monoisotopic (exact) mass is 433 g/mol. The van der Waals surface area contributed by atoms with Crippen LogP contribution in [0.2, 0.25) is 0 Å². The Hall–Kier alpha value is -1.98. The molecular weight excluding hydrogens is 418 g/mol. The maximum Gasteiger partial charge on any atom is 0.404 e. The third-order valence-electron chi connectivity index (χ3n) is 4.47. The van der Waals surface area contributed by atoms with Gasteiger partial charge in [0.25, 0.3) is 5.91 Å². The van der Waals surface area contributed by atoms with Crippen LogP contribution in [0.1, 0.15) is 6.92 Å². The predicted molar refractivity (Wildman–Crippen MR) is 99.6 cm³/mol. The van der Waals surface area contributed by atoms with Crippen LogP contribution in [-0.2, 0) is 19.1 Å². The molecule has 0 radical (unpaired) electrons. The molecule has 3 amide bonds. The molecule has 0 aromatic carbocycles. The van der Waals surface area contributed by atoms with Crippen molar-refractivity contribution in [2.75, 3.05) is 23.8 Å². The summed E-state index contributed by atoms with van der Waals surface area (Å²) in [7, 11) is 0. The first-order chi connectivity index (χ1) is 12.6. The van der Waals surface area contributed by atoms with Crippen molar-refractivity contribution in [3.63, 3.8) is 0 Å². The third-order valence-corrected chi connectivity index (χ3v) is 7.62. The number of aliphatic carboxylic acids is 1. The van der Waals surface area contributed by atoms with E-state index in [-0.39, 0.29) is 12.3 Å². The summed E-state index contributed by atoms with van der Waals surface area (Å²) < 4.78 is 4.70. The molecule has 9 nitrogen and oxygen atoms in total. The number of carbonyl (C=O) groups excluding carboxylic acids is 3. The molecule has 12 heteroatoms. The van der Waals surface area contributed by atoms with Crippen LogP contribution in [-0.4, -0.2) is 63.2 Å². The van der Waals surface area contributed by atoms with Crippen molar-refractivity contribution in [3.8, 4) is 0 Å². The van der Waals surface area contributed by atoms with Gasteiger partial charge in [0, 0.05) is 19.2 Å². The molecule has 3 N–H and O–H groups in total. The van der Waals surface area contributed by atoms with Crippen LogP contribution in [0.4, 0.5) is 9.80 Å². The van der Waals surface area contributed by atoms with Gasteiger partial charge in [0.05, 0.1) is 5.00 Å². The SMILES string of the molecule is CC(=O)N(c1cccs1)C1(Cl)C(=O)N2CC(COC(N)=O)(C(=O)O)CS[C@@H]21. The largest absolute Gasteiger partial charge is 0.481 e. The van der Waals surface area contributed by atoms with Crippen LogP contribution in [0, 0.1) is 5.41 Å². The third kappa shape index (κ3) is 3.03. The number of rotatable bonds is 5. The molecule has 146 valence electrons. The first kappa shape index (κ1) is 19.8. The smallest absolute Gasteiger partial charge is 0.404 e. The van der Waals surface area contributed by atoms with Crippen molar-refractivity contribution in [2.45, 2.75) is 17.3 Å². The van der Waals surface area contributed by atoms with Gasteiger partial charge in [0.15, 0.2) is 0 Å². The number of hydrogen-bond donors (Lipinski definition) is 2. The van der Waals surface area contributed by atoms with E-state index in [1.165, 1.54) is 28.1 Å². The summed E-state index contributed by atoms with van der Waals surface area (Å²) in [6, 6.07) is 3.42. The van der Waals surface area contributed by atoms with E-state index >= 15 is 0 Å². The fourth-order valence-corrected chi connectivity index (χ4v) is 6.21. The molecule has 3 atom stereocenters. The molecule has 2 saturated heterocycles. The Balaban J connectivity index is 1.87. The van der Waals surface area contributed by atoms with E-state index in [9.17, 15) is 24.3 Å². The average molecular weight is 434 g/mol. The number of hydrogen-bond acceptors (Lipinski definition) is 7. The molecule has 0 bridgehead atoms. The van der Waals surface area contributed by atoms with Gasteiger partial charge < -0.3 is 20.5 Å². The zero-order valence-corrected chi connectivity index (χ0v) is 16.5. The second-order valence-electron chi connectivity index (χ2n) is 6.27. The lowest BCUT2D eigenvalue weighted by Gasteiger charge is -2.59.